The van der Waals surface area contributed by atoms with E-state index in [2.05, 4.69) is 10.0 Å². The summed E-state index contributed by atoms with van der Waals surface area (Å²) >= 11 is 6.28. The van der Waals surface area contributed by atoms with Crippen LogP contribution >= 0.6 is 11.6 Å². The second-order valence-corrected chi connectivity index (χ2v) is 9.02. The van der Waals surface area contributed by atoms with Gasteiger partial charge >= 0.3 is 0 Å². The number of anilines is 1. The maximum absolute atomic E-state index is 12.7. The summed E-state index contributed by atoms with van der Waals surface area (Å²) in [6, 6.07) is 26.4. The molecule has 0 aliphatic heterocycles. The van der Waals surface area contributed by atoms with E-state index in [1.54, 1.807) is 18.2 Å². The van der Waals surface area contributed by atoms with Gasteiger partial charge < -0.3 is 5.32 Å². The highest BCUT2D eigenvalue weighted by Gasteiger charge is 2.16. The molecule has 1 amide bonds. The predicted molar refractivity (Wildman–Crippen MR) is 124 cm³/mol. The number of sulfonamides is 1. The van der Waals surface area contributed by atoms with Crippen molar-refractivity contribution < 1.29 is 13.2 Å². The third kappa shape index (κ3) is 4.71. The van der Waals surface area contributed by atoms with Crippen LogP contribution in [0.25, 0.3) is 10.8 Å². The number of amides is 1. The van der Waals surface area contributed by atoms with E-state index in [0.717, 1.165) is 16.3 Å². The third-order valence-electron chi connectivity index (χ3n) is 4.84. The van der Waals surface area contributed by atoms with Crippen LogP contribution in [0.2, 0.25) is 5.02 Å². The second kappa shape index (κ2) is 8.79. The average Bonchev–Trinajstić information content (AvgIpc) is 2.78. The van der Waals surface area contributed by atoms with Crippen molar-refractivity contribution in [1.82, 2.24) is 5.32 Å². The number of fused-ring (bicyclic) bond motifs is 1. The summed E-state index contributed by atoms with van der Waals surface area (Å²) in [4.78, 5) is 12.8. The highest BCUT2D eigenvalue weighted by atomic mass is 35.5. The molecule has 0 radical (unpaired) electrons. The van der Waals surface area contributed by atoms with Crippen LogP contribution in [-0.2, 0) is 16.6 Å². The van der Waals surface area contributed by atoms with Crippen molar-refractivity contribution in [2.24, 2.45) is 0 Å². The minimum absolute atomic E-state index is 0.142. The van der Waals surface area contributed by atoms with Crippen LogP contribution in [0.4, 0.5) is 5.69 Å². The predicted octanol–water partition coefficient (Wildman–Crippen LogP) is 5.22. The van der Waals surface area contributed by atoms with Gasteiger partial charge in [-0.2, -0.15) is 0 Å². The van der Waals surface area contributed by atoms with E-state index >= 15 is 0 Å². The second-order valence-electron chi connectivity index (χ2n) is 6.93. The van der Waals surface area contributed by atoms with Gasteiger partial charge in [-0.3, -0.25) is 9.52 Å². The fourth-order valence-electron chi connectivity index (χ4n) is 3.29. The summed E-state index contributed by atoms with van der Waals surface area (Å²) in [5.74, 6) is -0.338. The molecule has 4 aromatic carbocycles. The van der Waals surface area contributed by atoms with Gasteiger partial charge in [0.2, 0.25) is 0 Å². The molecule has 0 saturated heterocycles. The lowest BCUT2D eigenvalue weighted by Crippen LogP contribution is -2.23. The Labute approximate surface area is 185 Å². The minimum Gasteiger partial charge on any atom is -0.348 e. The highest BCUT2D eigenvalue weighted by molar-refractivity contribution is 7.92. The number of rotatable bonds is 6. The molecule has 5 nitrogen and oxygen atoms in total. The largest absolute Gasteiger partial charge is 0.348 e. The SMILES string of the molecule is O=C(NCc1cccc2ccccc12)c1ccc(NS(=O)(=O)c2ccccc2)cc1Cl. The molecule has 0 bridgehead atoms. The first-order chi connectivity index (χ1) is 14.9. The molecule has 0 spiro atoms. The van der Waals surface area contributed by atoms with Gasteiger partial charge in [0.1, 0.15) is 0 Å². The van der Waals surface area contributed by atoms with Crippen LogP contribution in [0.15, 0.2) is 95.9 Å². The van der Waals surface area contributed by atoms with Gasteiger partial charge in [0.15, 0.2) is 0 Å². The molecule has 0 heterocycles. The molecule has 31 heavy (non-hydrogen) atoms. The molecular weight excluding hydrogens is 432 g/mol. The Morgan fingerprint density at radius 3 is 2.32 bits per heavy atom. The van der Waals surface area contributed by atoms with Gasteiger partial charge in [0.05, 0.1) is 21.2 Å². The Morgan fingerprint density at radius 1 is 0.839 bits per heavy atom. The molecular formula is C24H19ClN2O3S. The van der Waals surface area contributed by atoms with Crippen LogP contribution in [-0.4, -0.2) is 14.3 Å². The van der Waals surface area contributed by atoms with Gasteiger partial charge in [0, 0.05) is 6.54 Å². The first-order valence-corrected chi connectivity index (χ1v) is 11.4. The average molecular weight is 451 g/mol. The number of hydrogen-bond donors (Lipinski definition) is 2. The van der Waals surface area contributed by atoms with E-state index in [4.69, 9.17) is 11.6 Å². The quantitative estimate of drug-likeness (QED) is 0.422. The van der Waals surface area contributed by atoms with E-state index < -0.39 is 10.0 Å². The zero-order valence-corrected chi connectivity index (χ0v) is 18.0. The normalized spacial score (nSPS) is 11.3. The van der Waals surface area contributed by atoms with Crippen molar-refractivity contribution in [3.8, 4) is 0 Å². The number of nitrogens with one attached hydrogen (secondary N) is 2. The molecule has 0 atom stereocenters. The molecule has 156 valence electrons. The van der Waals surface area contributed by atoms with Gasteiger partial charge in [-0.15, -0.1) is 0 Å². The molecule has 0 aromatic heterocycles. The monoisotopic (exact) mass is 450 g/mol. The van der Waals surface area contributed by atoms with E-state index in [0.29, 0.717) is 6.54 Å². The third-order valence-corrected chi connectivity index (χ3v) is 6.55. The smallest absolute Gasteiger partial charge is 0.261 e. The Bertz CT molecular complexity index is 1350. The fraction of sp³-hybridized carbons (Fsp3) is 0.0417. The van der Waals surface area contributed by atoms with E-state index in [-0.39, 0.29) is 27.1 Å². The van der Waals surface area contributed by atoms with Crippen LogP contribution in [0.3, 0.4) is 0 Å². The maximum atomic E-state index is 12.7. The number of hydrogen-bond acceptors (Lipinski definition) is 3. The van der Waals surface area contributed by atoms with E-state index in [1.807, 2.05) is 42.5 Å². The minimum atomic E-state index is -3.74. The van der Waals surface area contributed by atoms with Gasteiger partial charge in [-0.05, 0) is 46.7 Å². The maximum Gasteiger partial charge on any atom is 0.261 e. The summed E-state index contributed by atoms with van der Waals surface area (Å²) in [5, 5.41) is 5.21. The Hall–Kier alpha value is -3.35. The van der Waals surface area contributed by atoms with Crippen molar-refractivity contribution in [1.29, 1.82) is 0 Å². The summed E-state index contributed by atoms with van der Waals surface area (Å²) < 4.78 is 27.4. The van der Waals surface area contributed by atoms with Crippen molar-refractivity contribution >= 4 is 44.0 Å². The number of benzene rings is 4. The molecule has 0 fully saturated rings. The van der Waals surface area contributed by atoms with E-state index in [9.17, 15) is 13.2 Å². The molecule has 4 aromatic rings. The Kier molecular flexibility index (Phi) is 5.93. The van der Waals surface area contributed by atoms with Crippen LogP contribution in [0, 0.1) is 0 Å². The molecule has 0 unspecified atom stereocenters. The highest BCUT2D eigenvalue weighted by Crippen LogP contribution is 2.24. The summed E-state index contributed by atoms with van der Waals surface area (Å²) in [6.07, 6.45) is 0. The zero-order chi connectivity index (χ0) is 21.8. The lowest BCUT2D eigenvalue weighted by atomic mass is 10.0. The van der Waals surface area contributed by atoms with Crippen LogP contribution in [0.1, 0.15) is 15.9 Å². The first kappa shape index (κ1) is 20.9. The molecule has 2 N–H and O–H groups in total. The topological polar surface area (TPSA) is 75.3 Å². The summed E-state index contributed by atoms with van der Waals surface area (Å²) in [7, 11) is -3.74. The van der Waals surface area contributed by atoms with Crippen molar-refractivity contribution in [3.63, 3.8) is 0 Å². The molecule has 4 rings (SSSR count). The van der Waals surface area contributed by atoms with E-state index in [1.165, 1.54) is 30.3 Å². The molecule has 0 saturated carbocycles. The summed E-state index contributed by atoms with van der Waals surface area (Å²) in [6.45, 7) is 0.346. The number of halogens is 1. The number of carbonyl (C=O) groups excluding carboxylic acids is 1. The van der Waals surface area contributed by atoms with Gasteiger partial charge in [-0.1, -0.05) is 72.3 Å². The van der Waals surface area contributed by atoms with Crippen LogP contribution in [0.5, 0.6) is 0 Å². The molecule has 7 heteroatoms. The Balaban J connectivity index is 1.48. The van der Waals surface area contributed by atoms with Crippen molar-refractivity contribution in [2.75, 3.05) is 4.72 Å². The lowest BCUT2D eigenvalue weighted by Gasteiger charge is -2.12. The van der Waals surface area contributed by atoms with Crippen LogP contribution < -0.4 is 10.0 Å². The number of carbonyl (C=O) groups is 1. The van der Waals surface area contributed by atoms with Crippen molar-refractivity contribution in [3.05, 3.63) is 107 Å². The van der Waals surface area contributed by atoms with Crippen molar-refractivity contribution in [2.45, 2.75) is 11.4 Å². The standard InChI is InChI=1S/C24H19ClN2O3S/c25-23-15-19(27-31(29,30)20-10-2-1-3-11-20)13-14-22(23)24(28)26-16-18-9-6-8-17-7-4-5-12-21(17)18/h1-15,27H,16H2,(H,26,28). The zero-order valence-electron chi connectivity index (χ0n) is 16.4. The van der Waals surface area contributed by atoms with Gasteiger partial charge in [-0.25, -0.2) is 8.42 Å². The molecule has 0 aliphatic carbocycles. The lowest BCUT2D eigenvalue weighted by molar-refractivity contribution is 0.0951. The van der Waals surface area contributed by atoms with Gasteiger partial charge in [0.25, 0.3) is 15.9 Å². The fourth-order valence-corrected chi connectivity index (χ4v) is 4.63. The summed E-state index contributed by atoms with van der Waals surface area (Å²) in [5.41, 5.74) is 1.54. The first-order valence-electron chi connectivity index (χ1n) is 9.56. The Morgan fingerprint density at radius 2 is 1.55 bits per heavy atom. The molecule has 0 aliphatic rings.